The molecule has 0 aliphatic heterocycles. The van der Waals surface area contributed by atoms with Gasteiger partial charge in [-0.1, -0.05) is 32.4 Å². The lowest BCUT2D eigenvalue weighted by atomic mass is 9.89. The summed E-state index contributed by atoms with van der Waals surface area (Å²) in [5.74, 6) is 0.285. The molecule has 18 heavy (non-hydrogen) atoms. The largest absolute Gasteiger partial charge is 0.508 e. The first kappa shape index (κ1) is 15.0. The first-order chi connectivity index (χ1) is 8.47. The Morgan fingerprint density at radius 2 is 1.83 bits per heavy atom. The van der Waals surface area contributed by atoms with Gasteiger partial charge in [0.25, 0.3) is 0 Å². The Morgan fingerprint density at radius 1 is 1.17 bits per heavy atom. The molecule has 0 heterocycles. The van der Waals surface area contributed by atoms with E-state index >= 15 is 0 Å². The third-order valence-electron chi connectivity index (χ3n) is 3.42. The van der Waals surface area contributed by atoms with Gasteiger partial charge < -0.3 is 15.3 Å². The van der Waals surface area contributed by atoms with Gasteiger partial charge in [-0.25, -0.2) is 0 Å². The van der Waals surface area contributed by atoms with E-state index in [1.807, 2.05) is 32.9 Å². The highest BCUT2D eigenvalue weighted by atomic mass is 16.3. The second-order valence-electron chi connectivity index (χ2n) is 5.07. The standard InChI is InChI=1S/C15H24O3/c1-4-6-12(16)14(18)9-11(3)15-10(2)7-5-8-13(15)17/h5,7-8,11-12,14,16-18H,4,6,9H2,1-3H3. The second kappa shape index (κ2) is 6.76. The molecule has 102 valence electrons. The molecule has 0 fully saturated rings. The normalized spacial score (nSPS) is 16.3. The quantitative estimate of drug-likeness (QED) is 0.729. The van der Waals surface area contributed by atoms with Gasteiger partial charge in [0.15, 0.2) is 0 Å². The number of phenols is 1. The van der Waals surface area contributed by atoms with E-state index in [9.17, 15) is 15.3 Å². The summed E-state index contributed by atoms with van der Waals surface area (Å²) in [5, 5.41) is 29.5. The minimum atomic E-state index is -0.737. The maximum absolute atomic E-state index is 9.93. The molecule has 3 nitrogen and oxygen atoms in total. The number of aryl methyl sites for hydroxylation is 1. The first-order valence-electron chi connectivity index (χ1n) is 6.62. The number of aromatic hydroxyl groups is 1. The van der Waals surface area contributed by atoms with Crippen LogP contribution in [0.1, 0.15) is 50.2 Å². The molecule has 0 aromatic heterocycles. The minimum Gasteiger partial charge on any atom is -0.508 e. The number of aliphatic hydroxyl groups is 2. The van der Waals surface area contributed by atoms with E-state index < -0.39 is 12.2 Å². The summed E-state index contributed by atoms with van der Waals surface area (Å²) in [6, 6.07) is 5.41. The molecule has 0 aliphatic carbocycles. The predicted octanol–water partition coefficient (Wildman–Crippen LogP) is 2.72. The zero-order chi connectivity index (χ0) is 13.7. The zero-order valence-corrected chi connectivity index (χ0v) is 11.4. The Morgan fingerprint density at radius 3 is 2.39 bits per heavy atom. The van der Waals surface area contributed by atoms with E-state index in [4.69, 9.17) is 0 Å². The van der Waals surface area contributed by atoms with Crippen molar-refractivity contribution in [3.8, 4) is 5.75 Å². The van der Waals surface area contributed by atoms with Crippen LogP contribution in [0, 0.1) is 6.92 Å². The van der Waals surface area contributed by atoms with Crippen LogP contribution in [-0.4, -0.2) is 27.5 Å². The number of aliphatic hydroxyl groups excluding tert-OH is 2. The van der Waals surface area contributed by atoms with Gasteiger partial charge in [-0.3, -0.25) is 0 Å². The summed E-state index contributed by atoms with van der Waals surface area (Å²) in [4.78, 5) is 0. The summed E-state index contributed by atoms with van der Waals surface area (Å²) >= 11 is 0. The van der Waals surface area contributed by atoms with E-state index in [0.717, 1.165) is 17.5 Å². The molecule has 3 atom stereocenters. The van der Waals surface area contributed by atoms with Crippen molar-refractivity contribution < 1.29 is 15.3 Å². The highest BCUT2D eigenvalue weighted by molar-refractivity contribution is 5.40. The average molecular weight is 252 g/mol. The van der Waals surface area contributed by atoms with E-state index in [1.54, 1.807) is 6.07 Å². The number of hydrogen-bond donors (Lipinski definition) is 3. The van der Waals surface area contributed by atoms with Crippen molar-refractivity contribution >= 4 is 0 Å². The summed E-state index contributed by atoms with van der Waals surface area (Å²) in [7, 11) is 0. The number of benzene rings is 1. The molecule has 0 amide bonds. The Labute approximate surface area is 109 Å². The van der Waals surface area contributed by atoms with Gasteiger partial charge in [0, 0.05) is 0 Å². The third-order valence-corrected chi connectivity index (χ3v) is 3.42. The summed E-state index contributed by atoms with van der Waals surface area (Å²) in [6.45, 7) is 5.89. The van der Waals surface area contributed by atoms with Gasteiger partial charge in [-0.2, -0.15) is 0 Å². The van der Waals surface area contributed by atoms with Gasteiger partial charge in [-0.05, 0) is 42.9 Å². The third kappa shape index (κ3) is 3.72. The van der Waals surface area contributed by atoms with Crippen LogP contribution in [0.5, 0.6) is 5.75 Å². The average Bonchev–Trinajstić information content (AvgIpc) is 2.28. The Hall–Kier alpha value is -1.06. The van der Waals surface area contributed by atoms with Crippen molar-refractivity contribution in [3.05, 3.63) is 29.3 Å². The highest BCUT2D eigenvalue weighted by Gasteiger charge is 2.21. The number of phenolic OH excluding ortho intramolecular Hbond substituents is 1. The smallest absolute Gasteiger partial charge is 0.119 e. The van der Waals surface area contributed by atoms with Gasteiger partial charge in [0.05, 0.1) is 12.2 Å². The zero-order valence-electron chi connectivity index (χ0n) is 11.4. The Balaban J connectivity index is 2.73. The van der Waals surface area contributed by atoms with Crippen molar-refractivity contribution in [1.82, 2.24) is 0 Å². The number of rotatable bonds is 6. The summed E-state index contributed by atoms with van der Waals surface area (Å²) in [6.07, 6.45) is 0.498. The van der Waals surface area contributed by atoms with Crippen molar-refractivity contribution in [1.29, 1.82) is 0 Å². The fraction of sp³-hybridized carbons (Fsp3) is 0.600. The lowest BCUT2D eigenvalue weighted by Gasteiger charge is -2.22. The lowest BCUT2D eigenvalue weighted by Crippen LogP contribution is -2.27. The fourth-order valence-corrected chi connectivity index (χ4v) is 2.43. The molecule has 0 aliphatic rings. The maximum atomic E-state index is 9.93. The topological polar surface area (TPSA) is 60.7 Å². The molecule has 1 rings (SSSR count). The van der Waals surface area contributed by atoms with Crippen LogP contribution in [0.4, 0.5) is 0 Å². The molecular weight excluding hydrogens is 228 g/mol. The molecule has 3 heteroatoms. The van der Waals surface area contributed by atoms with Crippen molar-refractivity contribution in [3.63, 3.8) is 0 Å². The lowest BCUT2D eigenvalue weighted by molar-refractivity contribution is 0.00626. The Bertz CT molecular complexity index is 356. The van der Waals surface area contributed by atoms with Crippen LogP contribution in [0.15, 0.2) is 18.2 Å². The number of hydrogen-bond acceptors (Lipinski definition) is 3. The second-order valence-corrected chi connectivity index (χ2v) is 5.07. The van der Waals surface area contributed by atoms with Crippen LogP contribution < -0.4 is 0 Å². The summed E-state index contributed by atoms with van der Waals surface area (Å²) < 4.78 is 0. The maximum Gasteiger partial charge on any atom is 0.119 e. The highest BCUT2D eigenvalue weighted by Crippen LogP contribution is 2.32. The molecule has 1 aromatic carbocycles. The SMILES string of the molecule is CCCC(O)C(O)CC(C)c1c(C)cccc1O. The molecule has 0 bridgehead atoms. The van der Waals surface area contributed by atoms with Crippen LogP contribution in [0.25, 0.3) is 0 Å². The molecule has 0 saturated carbocycles. The Kier molecular flexibility index (Phi) is 5.63. The van der Waals surface area contributed by atoms with E-state index in [1.165, 1.54) is 0 Å². The molecule has 3 N–H and O–H groups in total. The monoisotopic (exact) mass is 252 g/mol. The predicted molar refractivity (Wildman–Crippen MR) is 72.8 cm³/mol. The molecule has 0 spiro atoms. The minimum absolute atomic E-state index is 0.0210. The van der Waals surface area contributed by atoms with Gasteiger partial charge in [0.1, 0.15) is 5.75 Å². The summed E-state index contributed by atoms with van der Waals surface area (Å²) in [5.41, 5.74) is 1.87. The molecule has 0 radical (unpaired) electrons. The van der Waals surface area contributed by atoms with Crippen molar-refractivity contribution in [2.24, 2.45) is 0 Å². The van der Waals surface area contributed by atoms with Gasteiger partial charge in [0.2, 0.25) is 0 Å². The fourth-order valence-electron chi connectivity index (χ4n) is 2.43. The molecule has 1 aromatic rings. The van der Waals surface area contributed by atoms with Crippen molar-refractivity contribution in [2.75, 3.05) is 0 Å². The van der Waals surface area contributed by atoms with Crippen LogP contribution >= 0.6 is 0 Å². The van der Waals surface area contributed by atoms with Crippen LogP contribution in [-0.2, 0) is 0 Å². The van der Waals surface area contributed by atoms with E-state index in [0.29, 0.717) is 12.8 Å². The molecule has 0 saturated heterocycles. The molecular formula is C15H24O3. The van der Waals surface area contributed by atoms with Crippen LogP contribution in [0.2, 0.25) is 0 Å². The van der Waals surface area contributed by atoms with E-state index in [-0.39, 0.29) is 11.7 Å². The molecule has 3 unspecified atom stereocenters. The van der Waals surface area contributed by atoms with E-state index in [2.05, 4.69) is 0 Å². The van der Waals surface area contributed by atoms with Crippen molar-refractivity contribution in [2.45, 2.75) is 58.2 Å². The van der Waals surface area contributed by atoms with Crippen LogP contribution in [0.3, 0.4) is 0 Å². The van der Waals surface area contributed by atoms with Gasteiger partial charge in [-0.15, -0.1) is 0 Å². The van der Waals surface area contributed by atoms with Gasteiger partial charge >= 0.3 is 0 Å². The first-order valence-corrected chi connectivity index (χ1v) is 6.62.